The summed E-state index contributed by atoms with van der Waals surface area (Å²) in [5.41, 5.74) is 7.93. The number of anilines is 1. The standard InChI is InChI=1S/C11H14N3P.CH4O/c1-13-6-7-2-3-8-5-10(15)11(12)14-9(8)4-7;1-2/h2-5,13H,6,15H2,1H3,(H2,12,14);2H,1H3. The van der Waals surface area contributed by atoms with Crippen LogP contribution in [-0.2, 0) is 6.54 Å². The number of aromatic nitrogens is 1. The van der Waals surface area contributed by atoms with Crippen LogP contribution in [0.2, 0.25) is 0 Å². The highest BCUT2D eigenvalue weighted by molar-refractivity contribution is 7.28. The van der Waals surface area contributed by atoms with Crippen LogP contribution in [0.4, 0.5) is 5.82 Å². The van der Waals surface area contributed by atoms with Gasteiger partial charge in [-0.05, 0) is 24.7 Å². The van der Waals surface area contributed by atoms with E-state index in [9.17, 15) is 0 Å². The summed E-state index contributed by atoms with van der Waals surface area (Å²) in [4.78, 5) is 4.35. The SMILES string of the molecule is CNCc1ccc2cc(P)c(N)nc2c1.CO. The fraction of sp³-hybridized carbons (Fsp3) is 0.250. The van der Waals surface area contributed by atoms with Gasteiger partial charge in [-0.25, -0.2) is 4.98 Å². The number of aliphatic hydroxyl groups excluding tert-OH is 1. The molecule has 0 aliphatic heterocycles. The van der Waals surface area contributed by atoms with E-state index in [0.29, 0.717) is 5.82 Å². The Bertz CT molecular complexity index is 502. The van der Waals surface area contributed by atoms with Gasteiger partial charge in [-0.3, -0.25) is 0 Å². The molecule has 4 nitrogen and oxygen atoms in total. The van der Waals surface area contributed by atoms with Crippen LogP contribution in [0, 0.1) is 0 Å². The molecule has 1 aromatic carbocycles. The summed E-state index contributed by atoms with van der Waals surface area (Å²) in [6, 6.07) is 8.26. The molecule has 4 N–H and O–H groups in total. The Morgan fingerprint density at radius 1 is 1.35 bits per heavy atom. The van der Waals surface area contributed by atoms with Gasteiger partial charge < -0.3 is 16.2 Å². The molecule has 0 aliphatic rings. The number of benzene rings is 1. The molecule has 92 valence electrons. The second-order valence-corrected chi connectivity index (χ2v) is 4.14. The van der Waals surface area contributed by atoms with Gasteiger partial charge in [0.05, 0.1) is 5.52 Å². The summed E-state index contributed by atoms with van der Waals surface area (Å²) in [5.74, 6) is 0.578. The van der Waals surface area contributed by atoms with Crippen molar-refractivity contribution in [3.8, 4) is 0 Å². The molecule has 0 bridgehead atoms. The molecule has 0 radical (unpaired) electrons. The van der Waals surface area contributed by atoms with Gasteiger partial charge in [-0.15, -0.1) is 9.24 Å². The van der Waals surface area contributed by atoms with Crippen molar-refractivity contribution < 1.29 is 5.11 Å². The monoisotopic (exact) mass is 251 g/mol. The van der Waals surface area contributed by atoms with Crippen molar-refractivity contribution >= 4 is 31.3 Å². The summed E-state index contributed by atoms with van der Waals surface area (Å²) in [7, 11) is 5.52. The molecule has 0 fully saturated rings. The van der Waals surface area contributed by atoms with E-state index in [1.807, 2.05) is 13.1 Å². The Kier molecular flexibility index (Phi) is 5.29. The van der Waals surface area contributed by atoms with Gasteiger partial charge in [0.15, 0.2) is 0 Å². The lowest BCUT2D eigenvalue weighted by molar-refractivity contribution is 0.399. The number of pyridine rings is 1. The lowest BCUT2D eigenvalue weighted by Gasteiger charge is -2.05. The van der Waals surface area contributed by atoms with Gasteiger partial charge in [0, 0.05) is 24.3 Å². The summed E-state index contributed by atoms with van der Waals surface area (Å²) in [6.07, 6.45) is 0. The van der Waals surface area contributed by atoms with Gasteiger partial charge in [-0.1, -0.05) is 12.1 Å². The maximum absolute atomic E-state index is 7.00. The smallest absolute Gasteiger partial charge is 0.131 e. The van der Waals surface area contributed by atoms with Gasteiger partial charge in [0.2, 0.25) is 0 Å². The maximum Gasteiger partial charge on any atom is 0.131 e. The highest BCUT2D eigenvalue weighted by atomic mass is 31.0. The van der Waals surface area contributed by atoms with E-state index in [-0.39, 0.29) is 0 Å². The highest BCUT2D eigenvalue weighted by Gasteiger charge is 2.01. The van der Waals surface area contributed by atoms with Crippen molar-refractivity contribution in [2.75, 3.05) is 19.9 Å². The second-order valence-electron chi connectivity index (χ2n) is 3.52. The first-order valence-corrected chi connectivity index (χ1v) is 5.82. The van der Waals surface area contributed by atoms with Crippen LogP contribution in [0.5, 0.6) is 0 Å². The third-order valence-corrected chi connectivity index (χ3v) is 2.79. The number of nitrogens with two attached hydrogens (primary N) is 1. The first-order chi connectivity index (χ1) is 8.20. The zero-order chi connectivity index (χ0) is 12.8. The molecular formula is C12H18N3OP. The largest absolute Gasteiger partial charge is 0.400 e. The van der Waals surface area contributed by atoms with Crippen LogP contribution in [-0.4, -0.2) is 24.2 Å². The van der Waals surface area contributed by atoms with E-state index in [4.69, 9.17) is 10.8 Å². The van der Waals surface area contributed by atoms with E-state index in [1.165, 1.54) is 5.56 Å². The van der Waals surface area contributed by atoms with Gasteiger partial charge in [-0.2, -0.15) is 0 Å². The Hall–Kier alpha value is -1.22. The van der Waals surface area contributed by atoms with Crippen LogP contribution < -0.4 is 16.4 Å². The van der Waals surface area contributed by atoms with Crippen molar-refractivity contribution in [2.24, 2.45) is 0 Å². The quantitative estimate of drug-likeness (QED) is 0.685. The van der Waals surface area contributed by atoms with Crippen molar-refractivity contribution in [3.63, 3.8) is 0 Å². The van der Waals surface area contributed by atoms with Crippen LogP contribution in [0.3, 0.4) is 0 Å². The first-order valence-electron chi connectivity index (χ1n) is 5.24. The molecule has 0 amide bonds. The fourth-order valence-electron chi connectivity index (χ4n) is 1.56. The van der Waals surface area contributed by atoms with Crippen LogP contribution in [0.1, 0.15) is 5.56 Å². The highest BCUT2D eigenvalue weighted by Crippen LogP contribution is 2.15. The average Bonchev–Trinajstić information content (AvgIpc) is 2.34. The second kappa shape index (κ2) is 6.50. The molecule has 1 aromatic heterocycles. The predicted molar refractivity (Wildman–Crippen MR) is 76.4 cm³/mol. The van der Waals surface area contributed by atoms with Crippen molar-refractivity contribution in [1.82, 2.24) is 10.3 Å². The topological polar surface area (TPSA) is 71.2 Å². The Morgan fingerprint density at radius 3 is 2.71 bits per heavy atom. The Morgan fingerprint density at radius 2 is 2.06 bits per heavy atom. The average molecular weight is 251 g/mol. The summed E-state index contributed by atoms with van der Waals surface area (Å²) < 4.78 is 0. The van der Waals surface area contributed by atoms with Crippen molar-refractivity contribution in [2.45, 2.75) is 6.54 Å². The first kappa shape index (κ1) is 13.8. The zero-order valence-electron chi connectivity index (χ0n) is 10.1. The number of nitrogens with zero attached hydrogens (tertiary/aromatic N) is 1. The summed E-state index contributed by atoms with van der Waals surface area (Å²) in [5, 5.41) is 12.2. The number of fused-ring (bicyclic) bond motifs is 1. The molecular weight excluding hydrogens is 233 g/mol. The fourth-order valence-corrected chi connectivity index (χ4v) is 1.80. The van der Waals surface area contributed by atoms with E-state index >= 15 is 0 Å². The number of hydrogen-bond acceptors (Lipinski definition) is 4. The number of nitrogens with one attached hydrogen (secondary N) is 1. The van der Waals surface area contributed by atoms with Crippen LogP contribution in [0.15, 0.2) is 24.3 Å². The van der Waals surface area contributed by atoms with E-state index in [0.717, 1.165) is 29.9 Å². The minimum absolute atomic E-state index is 0.578. The van der Waals surface area contributed by atoms with E-state index in [2.05, 4.69) is 37.7 Å². The molecule has 0 saturated carbocycles. The molecule has 1 heterocycles. The van der Waals surface area contributed by atoms with E-state index in [1.54, 1.807) is 0 Å². The normalized spacial score (nSPS) is 9.88. The molecule has 2 aromatic rings. The van der Waals surface area contributed by atoms with Crippen LogP contribution >= 0.6 is 9.24 Å². The zero-order valence-corrected chi connectivity index (χ0v) is 11.2. The van der Waals surface area contributed by atoms with Crippen LogP contribution in [0.25, 0.3) is 10.9 Å². The van der Waals surface area contributed by atoms with Gasteiger partial charge in [0.25, 0.3) is 0 Å². The number of aliphatic hydroxyl groups is 1. The Balaban J connectivity index is 0.000000686. The summed E-state index contributed by atoms with van der Waals surface area (Å²) in [6.45, 7) is 0.847. The van der Waals surface area contributed by atoms with Crippen molar-refractivity contribution in [1.29, 1.82) is 0 Å². The molecule has 2 rings (SSSR count). The molecule has 0 saturated heterocycles. The van der Waals surface area contributed by atoms with Gasteiger partial charge >= 0.3 is 0 Å². The minimum atomic E-state index is 0.578. The molecule has 5 heteroatoms. The van der Waals surface area contributed by atoms with Crippen molar-refractivity contribution in [3.05, 3.63) is 29.8 Å². The lowest BCUT2D eigenvalue weighted by atomic mass is 10.1. The van der Waals surface area contributed by atoms with Gasteiger partial charge in [0.1, 0.15) is 5.82 Å². The van der Waals surface area contributed by atoms with E-state index < -0.39 is 0 Å². The lowest BCUT2D eigenvalue weighted by Crippen LogP contribution is -2.07. The number of nitrogen functional groups attached to an aromatic ring is 1. The number of hydrogen-bond donors (Lipinski definition) is 3. The third kappa shape index (κ3) is 3.37. The third-order valence-electron chi connectivity index (χ3n) is 2.32. The molecule has 1 atom stereocenters. The molecule has 0 aliphatic carbocycles. The summed E-state index contributed by atoms with van der Waals surface area (Å²) >= 11 is 0. The predicted octanol–water partition coefficient (Wildman–Crippen LogP) is 0.645. The molecule has 17 heavy (non-hydrogen) atoms. The maximum atomic E-state index is 7.00. The molecule has 0 spiro atoms. The molecule has 1 unspecified atom stereocenters. The number of rotatable bonds is 2. The minimum Gasteiger partial charge on any atom is -0.400 e. The Labute approximate surface area is 103 Å².